The zero-order valence-corrected chi connectivity index (χ0v) is 12.0. The van der Waals surface area contributed by atoms with E-state index in [1.165, 1.54) is 0 Å². The van der Waals surface area contributed by atoms with Crippen LogP contribution in [-0.2, 0) is 4.84 Å². The Kier molecular flexibility index (Phi) is 3.22. The second kappa shape index (κ2) is 4.90. The second-order valence-electron chi connectivity index (χ2n) is 5.66. The lowest BCUT2D eigenvalue weighted by atomic mass is 9.95. The number of aliphatic imine (C=N–C) groups is 1. The van der Waals surface area contributed by atoms with Crippen molar-refractivity contribution in [3.63, 3.8) is 0 Å². The van der Waals surface area contributed by atoms with Gasteiger partial charge in [0.1, 0.15) is 5.84 Å². The molecule has 5 nitrogen and oxygen atoms in total. The first-order chi connectivity index (χ1) is 9.61. The van der Waals surface area contributed by atoms with E-state index in [1.807, 2.05) is 6.92 Å². The van der Waals surface area contributed by atoms with Crippen LogP contribution < -0.4 is 5.73 Å². The maximum atomic E-state index is 5.71. The van der Waals surface area contributed by atoms with Crippen molar-refractivity contribution in [1.82, 2.24) is 4.90 Å². The smallest absolute Gasteiger partial charge is 0.152 e. The lowest BCUT2D eigenvalue weighted by molar-refractivity contribution is 0.00422. The molecule has 2 aliphatic heterocycles. The van der Waals surface area contributed by atoms with Gasteiger partial charge in [0, 0.05) is 32.1 Å². The van der Waals surface area contributed by atoms with Gasteiger partial charge in [0.25, 0.3) is 0 Å². The van der Waals surface area contributed by atoms with Crippen molar-refractivity contribution in [2.75, 3.05) is 26.7 Å². The number of hydrogen-bond acceptors (Lipinski definition) is 5. The van der Waals surface area contributed by atoms with E-state index in [0.29, 0.717) is 6.54 Å². The molecule has 2 aliphatic rings. The standard InChI is InChI=1S/C15H20N4O/c1-15(10-16)9-13(18-20-15)11-3-5-12(6-4-11)14-17-7-8-19(14)2/h3-6H,7-10,16H2,1-2H3. The van der Waals surface area contributed by atoms with Crippen LogP contribution in [-0.4, -0.2) is 48.7 Å². The molecule has 2 N–H and O–H groups in total. The van der Waals surface area contributed by atoms with Gasteiger partial charge in [-0.3, -0.25) is 4.99 Å². The summed E-state index contributed by atoms with van der Waals surface area (Å²) in [5.74, 6) is 1.06. The van der Waals surface area contributed by atoms with E-state index in [1.54, 1.807) is 0 Å². The number of hydrogen-bond donors (Lipinski definition) is 1. The highest BCUT2D eigenvalue weighted by atomic mass is 16.7. The molecule has 0 aliphatic carbocycles. The van der Waals surface area contributed by atoms with E-state index in [-0.39, 0.29) is 5.60 Å². The Morgan fingerprint density at radius 1 is 1.30 bits per heavy atom. The predicted octanol–water partition coefficient (Wildman–Crippen LogP) is 1.22. The summed E-state index contributed by atoms with van der Waals surface area (Å²) in [7, 11) is 2.07. The van der Waals surface area contributed by atoms with E-state index in [2.05, 4.69) is 46.4 Å². The summed E-state index contributed by atoms with van der Waals surface area (Å²) in [5.41, 5.74) is 8.56. The maximum absolute atomic E-state index is 5.71. The normalized spacial score (nSPS) is 25.4. The van der Waals surface area contributed by atoms with Gasteiger partial charge in [-0.2, -0.15) is 0 Å². The summed E-state index contributed by atoms with van der Waals surface area (Å²) in [6, 6.07) is 8.34. The third-order valence-electron chi connectivity index (χ3n) is 3.88. The zero-order valence-electron chi connectivity index (χ0n) is 12.0. The predicted molar refractivity (Wildman–Crippen MR) is 80.2 cm³/mol. The molecule has 0 amide bonds. The molecule has 2 heterocycles. The summed E-state index contributed by atoms with van der Waals surface area (Å²) in [5, 5.41) is 4.17. The molecule has 0 spiro atoms. The quantitative estimate of drug-likeness (QED) is 0.900. The number of rotatable bonds is 3. The van der Waals surface area contributed by atoms with E-state index in [9.17, 15) is 0 Å². The minimum Gasteiger partial charge on any atom is -0.387 e. The fraction of sp³-hybridized carbons (Fsp3) is 0.467. The molecule has 3 rings (SSSR count). The molecule has 1 atom stereocenters. The Balaban J connectivity index is 1.78. The number of amidine groups is 1. The average molecular weight is 272 g/mol. The number of benzene rings is 1. The van der Waals surface area contributed by atoms with Gasteiger partial charge in [0.05, 0.1) is 12.3 Å². The van der Waals surface area contributed by atoms with Gasteiger partial charge in [0.2, 0.25) is 0 Å². The molecule has 0 saturated heterocycles. The monoisotopic (exact) mass is 272 g/mol. The van der Waals surface area contributed by atoms with Crippen molar-refractivity contribution >= 4 is 11.5 Å². The number of likely N-dealkylation sites (N-methyl/N-ethyl adjacent to an activating group) is 1. The lowest BCUT2D eigenvalue weighted by Gasteiger charge is -2.18. The Bertz CT molecular complexity index is 564. The molecular weight excluding hydrogens is 252 g/mol. The fourth-order valence-electron chi connectivity index (χ4n) is 2.50. The third-order valence-corrected chi connectivity index (χ3v) is 3.88. The molecule has 0 radical (unpaired) electrons. The molecule has 0 aromatic heterocycles. The highest BCUT2D eigenvalue weighted by molar-refractivity contribution is 6.04. The lowest BCUT2D eigenvalue weighted by Crippen LogP contribution is -2.34. The van der Waals surface area contributed by atoms with Crippen LogP contribution in [0, 0.1) is 0 Å². The molecule has 0 saturated carbocycles. The number of nitrogens with zero attached hydrogens (tertiary/aromatic N) is 3. The second-order valence-corrected chi connectivity index (χ2v) is 5.66. The molecule has 20 heavy (non-hydrogen) atoms. The Hall–Kier alpha value is -1.88. The van der Waals surface area contributed by atoms with Crippen molar-refractivity contribution in [2.45, 2.75) is 18.9 Å². The first-order valence-corrected chi connectivity index (χ1v) is 6.93. The van der Waals surface area contributed by atoms with Crippen molar-refractivity contribution in [2.24, 2.45) is 15.9 Å². The highest BCUT2D eigenvalue weighted by Crippen LogP contribution is 2.25. The summed E-state index contributed by atoms with van der Waals surface area (Å²) in [4.78, 5) is 12.1. The third kappa shape index (κ3) is 2.29. The SMILES string of the molecule is CN1CCN=C1c1ccc(C2=NOC(C)(CN)C2)cc1. The Morgan fingerprint density at radius 2 is 2.00 bits per heavy atom. The first-order valence-electron chi connectivity index (χ1n) is 6.93. The molecule has 1 aromatic carbocycles. The van der Waals surface area contributed by atoms with E-state index >= 15 is 0 Å². The largest absolute Gasteiger partial charge is 0.387 e. The topological polar surface area (TPSA) is 63.2 Å². The Morgan fingerprint density at radius 3 is 2.55 bits per heavy atom. The maximum Gasteiger partial charge on any atom is 0.152 e. The van der Waals surface area contributed by atoms with Gasteiger partial charge in [-0.15, -0.1) is 0 Å². The summed E-state index contributed by atoms with van der Waals surface area (Å²) >= 11 is 0. The van der Waals surface area contributed by atoms with Gasteiger partial charge in [-0.1, -0.05) is 29.4 Å². The van der Waals surface area contributed by atoms with Gasteiger partial charge in [-0.05, 0) is 12.5 Å². The van der Waals surface area contributed by atoms with Crippen LogP contribution >= 0.6 is 0 Å². The zero-order chi connectivity index (χ0) is 14.2. The van der Waals surface area contributed by atoms with Crippen molar-refractivity contribution in [3.05, 3.63) is 35.4 Å². The summed E-state index contributed by atoms with van der Waals surface area (Å²) in [6.45, 7) is 4.33. The molecular formula is C15H20N4O. The molecule has 106 valence electrons. The first kappa shape index (κ1) is 13.1. The van der Waals surface area contributed by atoms with Gasteiger partial charge >= 0.3 is 0 Å². The van der Waals surface area contributed by atoms with Gasteiger partial charge in [0.15, 0.2) is 5.60 Å². The van der Waals surface area contributed by atoms with Crippen LogP contribution in [0.25, 0.3) is 0 Å². The van der Waals surface area contributed by atoms with Crippen LogP contribution in [0.4, 0.5) is 0 Å². The van der Waals surface area contributed by atoms with E-state index < -0.39 is 0 Å². The number of oxime groups is 1. The average Bonchev–Trinajstić information content (AvgIpc) is 3.06. The molecule has 1 unspecified atom stereocenters. The van der Waals surface area contributed by atoms with Crippen LogP contribution in [0.5, 0.6) is 0 Å². The fourth-order valence-corrected chi connectivity index (χ4v) is 2.50. The minimum absolute atomic E-state index is 0.357. The molecule has 5 heteroatoms. The minimum atomic E-state index is -0.357. The Labute approximate surface area is 119 Å². The number of nitrogens with two attached hydrogens (primary N) is 1. The van der Waals surface area contributed by atoms with Gasteiger partial charge in [-0.25, -0.2) is 0 Å². The van der Waals surface area contributed by atoms with Crippen LogP contribution in [0.3, 0.4) is 0 Å². The summed E-state index contributed by atoms with van der Waals surface area (Å²) < 4.78 is 0. The van der Waals surface area contributed by atoms with Crippen molar-refractivity contribution in [3.8, 4) is 0 Å². The van der Waals surface area contributed by atoms with Crippen molar-refractivity contribution < 1.29 is 4.84 Å². The van der Waals surface area contributed by atoms with Gasteiger partial charge < -0.3 is 15.5 Å². The van der Waals surface area contributed by atoms with Crippen LogP contribution in [0.2, 0.25) is 0 Å². The van der Waals surface area contributed by atoms with Crippen molar-refractivity contribution in [1.29, 1.82) is 0 Å². The van der Waals surface area contributed by atoms with E-state index in [4.69, 9.17) is 10.6 Å². The molecule has 0 bridgehead atoms. The molecule has 1 aromatic rings. The van der Waals surface area contributed by atoms with Crippen LogP contribution in [0.15, 0.2) is 34.4 Å². The van der Waals surface area contributed by atoms with Crippen LogP contribution in [0.1, 0.15) is 24.5 Å². The summed E-state index contributed by atoms with van der Waals surface area (Å²) in [6.07, 6.45) is 0.754. The highest BCUT2D eigenvalue weighted by Gasteiger charge is 2.33. The molecule has 0 fully saturated rings. The van der Waals surface area contributed by atoms with E-state index in [0.717, 1.165) is 42.2 Å².